The van der Waals surface area contributed by atoms with Gasteiger partial charge in [0.1, 0.15) is 0 Å². The van der Waals surface area contributed by atoms with Crippen LogP contribution in [0.3, 0.4) is 0 Å². The van der Waals surface area contributed by atoms with Gasteiger partial charge in [-0.1, -0.05) is 0 Å². The molecule has 1 aromatic carbocycles. The first kappa shape index (κ1) is 16.7. The number of hydrogen-bond donors (Lipinski definition) is 0. The Labute approximate surface area is 121 Å². The van der Waals surface area contributed by atoms with Crippen molar-refractivity contribution in [1.82, 2.24) is 4.90 Å². The van der Waals surface area contributed by atoms with E-state index in [4.69, 9.17) is 15.4 Å². The van der Waals surface area contributed by atoms with E-state index in [1.165, 1.54) is 11.0 Å². The molecule has 8 heteroatoms. The lowest BCUT2D eigenvalue weighted by Gasteiger charge is -2.11. The zero-order valence-corrected chi connectivity index (χ0v) is 12.7. The van der Waals surface area contributed by atoms with Crippen molar-refractivity contribution in [1.29, 1.82) is 0 Å². The first-order valence-corrected chi connectivity index (χ1v) is 8.10. The molecule has 0 heterocycles. The third-order valence-corrected chi connectivity index (χ3v) is 3.83. The monoisotopic (exact) mass is 323 g/mol. The molecule has 0 unspecified atom stereocenters. The summed E-state index contributed by atoms with van der Waals surface area (Å²) in [7, 11) is 4.43. The fourth-order valence-electron chi connectivity index (χ4n) is 1.38. The molecule has 0 bridgehead atoms. The number of carbonyl (C=O) groups is 1. The lowest BCUT2D eigenvalue weighted by Crippen LogP contribution is -2.21. The van der Waals surface area contributed by atoms with Gasteiger partial charge in [0.05, 0.1) is 11.5 Å². The fraction of sp³-hybridized carbons (Fsp3) is 0.417. The number of rotatable bonds is 6. The first-order chi connectivity index (χ1) is 9.21. The molecular weight excluding hydrogens is 309 g/mol. The average Bonchev–Trinajstić information content (AvgIpc) is 2.34. The molecule has 0 aromatic heterocycles. The van der Waals surface area contributed by atoms with Gasteiger partial charge in [-0.25, -0.2) is 12.8 Å². The maximum absolute atomic E-state index is 13.6. The Kier molecular flexibility index (Phi) is 5.76. The van der Waals surface area contributed by atoms with E-state index >= 15 is 0 Å². The number of hydrogen-bond acceptors (Lipinski definition) is 4. The smallest absolute Gasteiger partial charge is 0.261 e. The molecule has 0 aliphatic rings. The lowest BCUT2D eigenvalue weighted by molar-refractivity contribution is -0.128. The molecule has 5 nitrogen and oxygen atoms in total. The summed E-state index contributed by atoms with van der Waals surface area (Å²) in [4.78, 5) is 12.4. The topological polar surface area (TPSA) is 63.7 Å². The molecule has 112 valence electrons. The third kappa shape index (κ3) is 4.97. The van der Waals surface area contributed by atoms with Crippen LogP contribution in [0.2, 0.25) is 0 Å². The van der Waals surface area contributed by atoms with E-state index in [9.17, 15) is 17.6 Å². The summed E-state index contributed by atoms with van der Waals surface area (Å²) >= 11 is 0. The lowest BCUT2D eigenvalue weighted by atomic mass is 10.3. The van der Waals surface area contributed by atoms with Gasteiger partial charge in [0.25, 0.3) is 9.05 Å². The van der Waals surface area contributed by atoms with Crippen LogP contribution >= 0.6 is 10.7 Å². The van der Waals surface area contributed by atoms with E-state index in [1.807, 2.05) is 0 Å². The number of amides is 1. The molecule has 1 aromatic rings. The van der Waals surface area contributed by atoms with Gasteiger partial charge in [0.15, 0.2) is 11.6 Å². The van der Waals surface area contributed by atoms with Gasteiger partial charge in [0, 0.05) is 31.2 Å². The number of halogens is 2. The van der Waals surface area contributed by atoms with Crippen molar-refractivity contribution in [3.8, 4) is 5.75 Å². The summed E-state index contributed by atoms with van der Waals surface area (Å²) in [5, 5.41) is 0. The average molecular weight is 324 g/mol. The molecule has 0 aliphatic carbocycles. The van der Waals surface area contributed by atoms with E-state index in [1.54, 1.807) is 14.1 Å². The summed E-state index contributed by atoms with van der Waals surface area (Å²) < 4.78 is 40.7. The summed E-state index contributed by atoms with van der Waals surface area (Å²) in [5.74, 6) is -0.935. The summed E-state index contributed by atoms with van der Waals surface area (Å²) in [6.45, 7) is 0.156. The van der Waals surface area contributed by atoms with Crippen LogP contribution in [0.25, 0.3) is 0 Å². The van der Waals surface area contributed by atoms with Crippen LogP contribution in [-0.4, -0.2) is 39.9 Å². The normalized spacial score (nSPS) is 11.2. The van der Waals surface area contributed by atoms with Gasteiger partial charge in [-0.3, -0.25) is 4.79 Å². The molecular formula is C12H15ClFNO4S. The zero-order valence-electron chi connectivity index (χ0n) is 11.1. The fourth-order valence-corrected chi connectivity index (χ4v) is 2.14. The highest BCUT2D eigenvalue weighted by Crippen LogP contribution is 2.23. The molecule has 1 rings (SSSR count). The van der Waals surface area contributed by atoms with E-state index in [0.717, 1.165) is 12.1 Å². The second-order valence-corrected chi connectivity index (χ2v) is 6.84. The Bertz CT molecular complexity index is 589. The predicted molar refractivity (Wildman–Crippen MR) is 72.9 cm³/mol. The van der Waals surface area contributed by atoms with Gasteiger partial charge < -0.3 is 9.64 Å². The Balaban J connectivity index is 2.56. The van der Waals surface area contributed by atoms with Crippen molar-refractivity contribution in [3.05, 3.63) is 24.0 Å². The van der Waals surface area contributed by atoms with Crippen molar-refractivity contribution < 1.29 is 22.3 Å². The molecule has 0 N–H and O–H groups in total. The van der Waals surface area contributed by atoms with Crippen LogP contribution in [0.4, 0.5) is 4.39 Å². The summed E-state index contributed by atoms with van der Waals surface area (Å²) in [6.07, 6.45) is 0.731. The second-order valence-electron chi connectivity index (χ2n) is 4.27. The van der Waals surface area contributed by atoms with Gasteiger partial charge in [-0.15, -0.1) is 0 Å². The standard InChI is InChI=1S/C12H15ClFNO4S/c1-15(2)12(16)4-3-7-19-11-6-5-9(8-10(11)14)20(13,17)18/h5-6,8H,3-4,7H2,1-2H3. The molecule has 0 radical (unpaired) electrons. The first-order valence-electron chi connectivity index (χ1n) is 5.79. The van der Waals surface area contributed by atoms with Gasteiger partial charge in [0.2, 0.25) is 5.91 Å². The highest BCUT2D eigenvalue weighted by Gasteiger charge is 2.14. The molecule has 0 spiro atoms. The van der Waals surface area contributed by atoms with E-state index in [2.05, 4.69) is 0 Å². The maximum Gasteiger partial charge on any atom is 0.261 e. The van der Waals surface area contributed by atoms with Crippen LogP contribution in [-0.2, 0) is 13.8 Å². The van der Waals surface area contributed by atoms with Crippen molar-refractivity contribution in [3.63, 3.8) is 0 Å². The molecule has 0 saturated carbocycles. The number of nitrogens with zero attached hydrogens (tertiary/aromatic N) is 1. The summed E-state index contributed by atoms with van der Waals surface area (Å²) in [5.41, 5.74) is 0. The van der Waals surface area contributed by atoms with Gasteiger partial charge in [-0.05, 0) is 24.6 Å². The zero-order chi connectivity index (χ0) is 15.3. The second kappa shape index (κ2) is 6.90. The molecule has 0 aliphatic heterocycles. The van der Waals surface area contributed by atoms with E-state index in [-0.39, 0.29) is 23.2 Å². The van der Waals surface area contributed by atoms with Crippen LogP contribution in [0.1, 0.15) is 12.8 Å². The van der Waals surface area contributed by atoms with Crippen LogP contribution in [0, 0.1) is 5.82 Å². The Hall–Kier alpha value is -1.34. The third-order valence-electron chi connectivity index (χ3n) is 2.48. The van der Waals surface area contributed by atoms with Crippen molar-refractivity contribution in [2.24, 2.45) is 0 Å². The molecule has 0 saturated heterocycles. The van der Waals surface area contributed by atoms with E-state index in [0.29, 0.717) is 12.8 Å². The minimum absolute atomic E-state index is 0.0438. The molecule has 20 heavy (non-hydrogen) atoms. The van der Waals surface area contributed by atoms with Crippen molar-refractivity contribution >= 4 is 25.6 Å². The van der Waals surface area contributed by atoms with Crippen LogP contribution in [0.5, 0.6) is 5.75 Å². The minimum atomic E-state index is -3.96. The molecule has 0 fully saturated rings. The number of ether oxygens (including phenoxy) is 1. The molecule has 0 atom stereocenters. The van der Waals surface area contributed by atoms with Crippen molar-refractivity contribution in [2.45, 2.75) is 17.7 Å². The number of carbonyl (C=O) groups excluding carboxylic acids is 1. The SMILES string of the molecule is CN(C)C(=O)CCCOc1ccc(S(=O)(=O)Cl)cc1F. The minimum Gasteiger partial charge on any atom is -0.491 e. The largest absolute Gasteiger partial charge is 0.491 e. The van der Waals surface area contributed by atoms with Crippen molar-refractivity contribution in [2.75, 3.05) is 20.7 Å². The van der Waals surface area contributed by atoms with Crippen LogP contribution < -0.4 is 4.74 Å². The number of benzene rings is 1. The highest BCUT2D eigenvalue weighted by molar-refractivity contribution is 8.13. The Morgan fingerprint density at radius 1 is 1.40 bits per heavy atom. The highest BCUT2D eigenvalue weighted by atomic mass is 35.7. The van der Waals surface area contributed by atoms with Gasteiger partial charge in [-0.2, -0.15) is 0 Å². The quantitative estimate of drug-likeness (QED) is 0.593. The van der Waals surface area contributed by atoms with E-state index < -0.39 is 14.9 Å². The van der Waals surface area contributed by atoms with Gasteiger partial charge >= 0.3 is 0 Å². The summed E-state index contributed by atoms with van der Waals surface area (Å²) in [6, 6.07) is 3.15. The molecule has 1 amide bonds. The maximum atomic E-state index is 13.6. The predicted octanol–water partition coefficient (Wildman–Crippen LogP) is 2.00. The Morgan fingerprint density at radius 3 is 2.55 bits per heavy atom. The van der Waals surface area contributed by atoms with Crippen LogP contribution in [0.15, 0.2) is 23.1 Å². The Morgan fingerprint density at radius 2 is 2.05 bits per heavy atom.